The molecule has 0 N–H and O–H groups in total. The van der Waals surface area contributed by atoms with Crippen molar-refractivity contribution in [1.82, 2.24) is 0 Å². The summed E-state index contributed by atoms with van der Waals surface area (Å²) < 4.78 is 16.8. The van der Waals surface area contributed by atoms with Gasteiger partial charge in [-0.25, -0.2) is 0 Å². The van der Waals surface area contributed by atoms with Crippen molar-refractivity contribution in [3.63, 3.8) is 0 Å². The predicted molar refractivity (Wildman–Crippen MR) is 67.0 cm³/mol. The fourth-order valence-corrected chi connectivity index (χ4v) is 2.57. The van der Waals surface area contributed by atoms with Crippen LogP contribution in [0.5, 0.6) is 0 Å². The number of rotatable bonds is 2. The fraction of sp³-hybridized carbons (Fsp3) is 0.929. The molecule has 1 saturated heterocycles. The van der Waals surface area contributed by atoms with Gasteiger partial charge in [0.15, 0.2) is 5.79 Å². The van der Waals surface area contributed by atoms with Gasteiger partial charge in [-0.2, -0.15) is 0 Å². The molecule has 0 unspecified atom stereocenters. The average molecular weight is 256 g/mol. The second-order valence-corrected chi connectivity index (χ2v) is 6.75. The van der Waals surface area contributed by atoms with E-state index in [2.05, 4.69) is 0 Å². The first-order valence-electron chi connectivity index (χ1n) is 6.73. The highest BCUT2D eigenvalue weighted by Gasteiger charge is 2.48. The minimum atomic E-state index is -0.515. The third-order valence-corrected chi connectivity index (χ3v) is 3.55. The van der Waals surface area contributed by atoms with Crippen molar-refractivity contribution in [1.29, 1.82) is 0 Å². The van der Waals surface area contributed by atoms with Crippen LogP contribution in [-0.2, 0) is 19.0 Å². The molecule has 2 aliphatic rings. The van der Waals surface area contributed by atoms with E-state index in [9.17, 15) is 4.79 Å². The average Bonchev–Trinajstić information content (AvgIpc) is 2.39. The van der Waals surface area contributed by atoms with Gasteiger partial charge < -0.3 is 14.2 Å². The van der Waals surface area contributed by atoms with Crippen LogP contribution in [0.3, 0.4) is 0 Å². The van der Waals surface area contributed by atoms with Crippen molar-refractivity contribution >= 4 is 5.97 Å². The zero-order valence-electron chi connectivity index (χ0n) is 12.0. The SMILES string of the molecule is CC(C)(C)OC(=O)[C@H]1CC[C@@H]1[C@H]1COC(C)(C)O1. The van der Waals surface area contributed by atoms with Crippen LogP contribution >= 0.6 is 0 Å². The fourth-order valence-electron chi connectivity index (χ4n) is 2.57. The molecule has 1 aliphatic carbocycles. The van der Waals surface area contributed by atoms with Crippen LogP contribution in [0.4, 0.5) is 0 Å². The van der Waals surface area contributed by atoms with Gasteiger partial charge >= 0.3 is 5.97 Å². The smallest absolute Gasteiger partial charge is 0.309 e. The molecule has 4 heteroatoms. The van der Waals surface area contributed by atoms with Gasteiger partial charge in [0.2, 0.25) is 0 Å². The molecule has 104 valence electrons. The number of carbonyl (C=O) groups is 1. The second-order valence-electron chi connectivity index (χ2n) is 6.75. The van der Waals surface area contributed by atoms with E-state index in [0.29, 0.717) is 6.61 Å². The maximum absolute atomic E-state index is 12.1. The summed E-state index contributed by atoms with van der Waals surface area (Å²) in [5.41, 5.74) is -0.413. The molecule has 0 aromatic carbocycles. The topological polar surface area (TPSA) is 44.8 Å². The van der Waals surface area contributed by atoms with Gasteiger partial charge in [0, 0.05) is 5.92 Å². The Kier molecular flexibility index (Phi) is 3.45. The Labute approximate surface area is 109 Å². The van der Waals surface area contributed by atoms with Gasteiger partial charge in [-0.05, 0) is 47.5 Å². The summed E-state index contributed by atoms with van der Waals surface area (Å²) in [5, 5.41) is 0. The van der Waals surface area contributed by atoms with Crippen LogP contribution < -0.4 is 0 Å². The van der Waals surface area contributed by atoms with Crippen molar-refractivity contribution in [2.45, 2.75) is 65.0 Å². The third kappa shape index (κ3) is 3.04. The Hall–Kier alpha value is -0.610. The van der Waals surface area contributed by atoms with E-state index in [0.717, 1.165) is 12.8 Å². The van der Waals surface area contributed by atoms with E-state index < -0.39 is 11.4 Å². The van der Waals surface area contributed by atoms with Crippen LogP contribution in [0, 0.1) is 11.8 Å². The highest BCUT2D eigenvalue weighted by atomic mass is 16.7. The Bertz CT molecular complexity index is 329. The molecule has 2 fully saturated rings. The summed E-state index contributed by atoms with van der Waals surface area (Å²) in [6.45, 7) is 10.1. The lowest BCUT2D eigenvalue weighted by Gasteiger charge is -2.39. The van der Waals surface area contributed by atoms with E-state index in [1.54, 1.807) is 0 Å². The molecule has 3 atom stereocenters. The van der Waals surface area contributed by atoms with Gasteiger partial charge in [-0.1, -0.05) is 0 Å². The molecule has 1 heterocycles. The van der Waals surface area contributed by atoms with E-state index in [1.165, 1.54) is 0 Å². The molecular formula is C14H24O4. The lowest BCUT2D eigenvalue weighted by atomic mass is 9.70. The van der Waals surface area contributed by atoms with Crippen LogP contribution in [0.15, 0.2) is 0 Å². The molecule has 0 aromatic heterocycles. The summed E-state index contributed by atoms with van der Waals surface area (Å²) in [4.78, 5) is 12.1. The van der Waals surface area contributed by atoms with Gasteiger partial charge in [-0.15, -0.1) is 0 Å². The summed E-state index contributed by atoms with van der Waals surface area (Å²) in [5.74, 6) is -0.376. The van der Waals surface area contributed by atoms with Gasteiger partial charge in [0.05, 0.1) is 18.6 Å². The normalized spacial score (nSPS) is 35.1. The van der Waals surface area contributed by atoms with E-state index >= 15 is 0 Å². The van der Waals surface area contributed by atoms with Gasteiger partial charge in [-0.3, -0.25) is 4.79 Å². The quantitative estimate of drug-likeness (QED) is 0.712. The predicted octanol–water partition coefficient (Wildman–Crippen LogP) is 2.51. The van der Waals surface area contributed by atoms with Crippen LogP contribution in [0.25, 0.3) is 0 Å². The number of carbonyl (C=O) groups excluding carboxylic acids is 1. The Morgan fingerprint density at radius 1 is 1.28 bits per heavy atom. The minimum absolute atomic E-state index is 0.0216. The number of hydrogen-bond donors (Lipinski definition) is 0. The lowest BCUT2D eigenvalue weighted by molar-refractivity contribution is -0.177. The highest BCUT2D eigenvalue weighted by molar-refractivity contribution is 5.74. The van der Waals surface area contributed by atoms with E-state index in [-0.39, 0.29) is 23.9 Å². The maximum Gasteiger partial charge on any atom is 0.309 e. The molecular weight excluding hydrogens is 232 g/mol. The Balaban J connectivity index is 1.91. The zero-order valence-corrected chi connectivity index (χ0v) is 12.0. The molecule has 1 saturated carbocycles. The van der Waals surface area contributed by atoms with Crippen LogP contribution in [0.1, 0.15) is 47.5 Å². The molecule has 0 aromatic rings. The van der Waals surface area contributed by atoms with Crippen LogP contribution in [-0.4, -0.2) is 30.1 Å². The molecule has 0 bridgehead atoms. The third-order valence-electron chi connectivity index (χ3n) is 3.55. The first-order chi connectivity index (χ1) is 8.18. The molecule has 0 spiro atoms. The number of ether oxygens (including phenoxy) is 3. The number of esters is 1. The molecule has 1 aliphatic heterocycles. The second kappa shape index (κ2) is 4.49. The van der Waals surface area contributed by atoms with Crippen molar-refractivity contribution in [2.75, 3.05) is 6.61 Å². The Morgan fingerprint density at radius 3 is 2.33 bits per heavy atom. The zero-order chi connectivity index (χ0) is 13.6. The summed E-state index contributed by atoms with van der Waals surface area (Å²) in [7, 11) is 0. The van der Waals surface area contributed by atoms with E-state index in [1.807, 2.05) is 34.6 Å². The summed E-state index contributed by atoms with van der Waals surface area (Å²) in [6.07, 6.45) is 1.96. The van der Waals surface area contributed by atoms with Crippen molar-refractivity contribution in [3.8, 4) is 0 Å². The molecule has 2 rings (SSSR count). The minimum Gasteiger partial charge on any atom is -0.460 e. The molecule has 4 nitrogen and oxygen atoms in total. The lowest BCUT2D eigenvalue weighted by Crippen LogP contribution is -2.44. The molecule has 0 radical (unpaired) electrons. The van der Waals surface area contributed by atoms with Gasteiger partial charge in [0.1, 0.15) is 5.60 Å². The van der Waals surface area contributed by atoms with E-state index in [4.69, 9.17) is 14.2 Å². The van der Waals surface area contributed by atoms with Crippen molar-refractivity contribution in [2.24, 2.45) is 11.8 Å². The van der Waals surface area contributed by atoms with Crippen molar-refractivity contribution in [3.05, 3.63) is 0 Å². The highest BCUT2D eigenvalue weighted by Crippen LogP contribution is 2.43. The first kappa shape index (κ1) is 13.8. The standard InChI is InChI=1S/C14H24O4/c1-13(2,3)18-12(15)10-7-6-9(10)11-8-16-14(4,5)17-11/h9-11H,6-8H2,1-5H3/t9-,10-,11+/m0/s1. The molecule has 18 heavy (non-hydrogen) atoms. The molecule has 0 amide bonds. The largest absolute Gasteiger partial charge is 0.460 e. The maximum atomic E-state index is 12.1. The Morgan fingerprint density at radius 2 is 1.94 bits per heavy atom. The van der Waals surface area contributed by atoms with Gasteiger partial charge in [0.25, 0.3) is 0 Å². The summed E-state index contributed by atoms with van der Waals surface area (Å²) >= 11 is 0. The summed E-state index contributed by atoms with van der Waals surface area (Å²) in [6, 6.07) is 0. The monoisotopic (exact) mass is 256 g/mol. The van der Waals surface area contributed by atoms with Crippen LogP contribution in [0.2, 0.25) is 0 Å². The van der Waals surface area contributed by atoms with Crippen molar-refractivity contribution < 1.29 is 19.0 Å². The number of hydrogen-bond acceptors (Lipinski definition) is 4. The first-order valence-corrected chi connectivity index (χ1v) is 6.73.